The lowest BCUT2D eigenvalue weighted by Gasteiger charge is -2.17. The first-order valence-corrected chi connectivity index (χ1v) is 7.08. The fourth-order valence-corrected chi connectivity index (χ4v) is 2.91. The van der Waals surface area contributed by atoms with E-state index in [-0.39, 0.29) is 5.91 Å². The highest BCUT2D eigenvalue weighted by atomic mass is 79.9. The topological polar surface area (TPSA) is 46.3 Å². The van der Waals surface area contributed by atoms with Crippen molar-refractivity contribution in [2.75, 3.05) is 12.8 Å². The Labute approximate surface area is 118 Å². The summed E-state index contributed by atoms with van der Waals surface area (Å²) < 4.78 is 1.01. The molecular formula is C13H13BrN2OS. The number of rotatable bonds is 3. The predicted molar refractivity (Wildman–Crippen MR) is 78.7 cm³/mol. The van der Waals surface area contributed by atoms with Crippen molar-refractivity contribution in [3.63, 3.8) is 0 Å². The number of thiophene rings is 1. The van der Waals surface area contributed by atoms with Crippen molar-refractivity contribution in [2.24, 2.45) is 0 Å². The van der Waals surface area contributed by atoms with Gasteiger partial charge < -0.3 is 10.6 Å². The number of halogens is 1. The quantitative estimate of drug-likeness (QED) is 0.940. The lowest BCUT2D eigenvalue weighted by Crippen LogP contribution is -2.26. The zero-order valence-corrected chi connectivity index (χ0v) is 12.3. The molecule has 0 aliphatic heterocycles. The van der Waals surface area contributed by atoms with Crippen molar-refractivity contribution >= 4 is 38.9 Å². The van der Waals surface area contributed by atoms with Crippen LogP contribution < -0.4 is 5.73 Å². The summed E-state index contributed by atoms with van der Waals surface area (Å²) in [5.74, 6) is -0.0394. The molecule has 5 heteroatoms. The number of amides is 1. The van der Waals surface area contributed by atoms with E-state index in [4.69, 9.17) is 5.73 Å². The Hall–Kier alpha value is -1.33. The van der Waals surface area contributed by atoms with Gasteiger partial charge in [-0.1, -0.05) is 28.1 Å². The van der Waals surface area contributed by atoms with Crippen molar-refractivity contribution in [1.82, 2.24) is 4.90 Å². The minimum absolute atomic E-state index is 0.0394. The van der Waals surface area contributed by atoms with Gasteiger partial charge in [0.2, 0.25) is 0 Å². The Morgan fingerprint density at radius 3 is 2.83 bits per heavy atom. The van der Waals surface area contributed by atoms with Gasteiger partial charge >= 0.3 is 0 Å². The van der Waals surface area contributed by atoms with E-state index in [0.29, 0.717) is 17.1 Å². The van der Waals surface area contributed by atoms with Crippen molar-refractivity contribution in [2.45, 2.75) is 6.54 Å². The highest BCUT2D eigenvalue weighted by Crippen LogP contribution is 2.21. The van der Waals surface area contributed by atoms with Crippen molar-refractivity contribution in [1.29, 1.82) is 0 Å². The standard InChI is InChI=1S/C13H13BrN2OS/c1-16(8-9-3-2-4-10(14)7-9)13(17)12-11(15)5-6-18-12/h2-7H,8,15H2,1H3. The van der Waals surface area contributed by atoms with Gasteiger partial charge in [-0.25, -0.2) is 0 Å². The van der Waals surface area contributed by atoms with Gasteiger partial charge in [0.15, 0.2) is 0 Å². The maximum Gasteiger partial charge on any atom is 0.266 e. The summed E-state index contributed by atoms with van der Waals surface area (Å²) in [6.45, 7) is 0.565. The molecule has 1 aromatic heterocycles. The molecule has 0 radical (unpaired) electrons. The third-order valence-electron chi connectivity index (χ3n) is 2.55. The first-order valence-electron chi connectivity index (χ1n) is 5.41. The molecule has 2 rings (SSSR count). The summed E-state index contributed by atoms with van der Waals surface area (Å²) in [5, 5.41) is 1.83. The number of carbonyl (C=O) groups excluding carboxylic acids is 1. The van der Waals surface area contributed by atoms with Crippen LogP contribution in [0.15, 0.2) is 40.2 Å². The molecule has 1 heterocycles. The minimum Gasteiger partial charge on any atom is -0.397 e. The third kappa shape index (κ3) is 2.91. The molecule has 94 valence electrons. The van der Waals surface area contributed by atoms with E-state index in [9.17, 15) is 4.79 Å². The Bertz CT molecular complexity index is 568. The van der Waals surface area contributed by atoms with Crippen LogP contribution in [0.3, 0.4) is 0 Å². The summed E-state index contributed by atoms with van der Waals surface area (Å²) >= 11 is 4.79. The molecule has 18 heavy (non-hydrogen) atoms. The maximum atomic E-state index is 12.2. The predicted octanol–water partition coefficient (Wildman–Crippen LogP) is 3.37. The highest BCUT2D eigenvalue weighted by Gasteiger charge is 2.16. The largest absolute Gasteiger partial charge is 0.397 e. The van der Waals surface area contributed by atoms with Gasteiger partial charge in [-0.2, -0.15) is 0 Å². The number of benzene rings is 1. The molecule has 1 amide bonds. The first kappa shape index (κ1) is 13.1. The molecule has 1 aromatic carbocycles. The average molecular weight is 325 g/mol. The van der Waals surface area contributed by atoms with Gasteiger partial charge in [0.1, 0.15) is 4.88 Å². The second kappa shape index (κ2) is 5.54. The van der Waals surface area contributed by atoms with E-state index < -0.39 is 0 Å². The number of anilines is 1. The summed E-state index contributed by atoms with van der Waals surface area (Å²) in [7, 11) is 1.78. The molecule has 0 atom stereocenters. The smallest absolute Gasteiger partial charge is 0.266 e. The lowest BCUT2D eigenvalue weighted by molar-refractivity contribution is 0.0791. The van der Waals surface area contributed by atoms with Gasteiger partial charge in [-0.15, -0.1) is 11.3 Å². The average Bonchev–Trinajstić information content (AvgIpc) is 2.74. The zero-order chi connectivity index (χ0) is 13.1. The summed E-state index contributed by atoms with van der Waals surface area (Å²) in [5.41, 5.74) is 7.38. The van der Waals surface area contributed by atoms with E-state index in [0.717, 1.165) is 10.0 Å². The van der Waals surface area contributed by atoms with Crippen molar-refractivity contribution in [3.05, 3.63) is 50.6 Å². The second-order valence-electron chi connectivity index (χ2n) is 4.00. The maximum absolute atomic E-state index is 12.2. The molecule has 0 saturated heterocycles. The Morgan fingerprint density at radius 2 is 2.22 bits per heavy atom. The number of nitrogen functional groups attached to an aromatic ring is 1. The SMILES string of the molecule is CN(Cc1cccc(Br)c1)C(=O)c1sccc1N. The van der Waals surface area contributed by atoms with E-state index in [2.05, 4.69) is 15.9 Å². The Kier molecular flexibility index (Phi) is 4.04. The Morgan fingerprint density at radius 1 is 1.44 bits per heavy atom. The normalized spacial score (nSPS) is 10.3. The van der Waals surface area contributed by atoms with Crippen LogP contribution in [-0.4, -0.2) is 17.9 Å². The zero-order valence-electron chi connectivity index (χ0n) is 9.89. The molecule has 0 spiro atoms. The van der Waals surface area contributed by atoms with E-state index in [1.165, 1.54) is 11.3 Å². The fourth-order valence-electron chi connectivity index (χ4n) is 1.65. The molecule has 2 N–H and O–H groups in total. The van der Waals surface area contributed by atoms with Crippen LogP contribution in [0, 0.1) is 0 Å². The number of nitrogens with two attached hydrogens (primary N) is 1. The number of nitrogens with zero attached hydrogens (tertiary/aromatic N) is 1. The van der Waals surface area contributed by atoms with Gasteiger partial charge in [0, 0.05) is 18.1 Å². The lowest BCUT2D eigenvalue weighted by atomic mass is 10.2. The molecule has 0 aliphatic rings. The Balaban J connectivity index is 2.11. The molecule has 0 saturated carbocycles. The van der Waals surface area contributed by atoms with E-state index >= 15 is 0 Å². The minimum atomic E-state index is -0.0394. The third-order valence-corrected chi connectivity index (χ3v) is 3.96. The van der Waals surface area contributed by atoms with Crippen LogP contribution in [0.4, 0.5) is 5.69 Å². The molecule has 0 aliphatic carbocycles. The van der Waals surface area contributed by atoms with Crippen LogP contribution in [0.2, 0.25) is 0 Å². The van der Waals surface area contributed by atoms with Crippen molar-refractivity contribution < 1.29 is 4.79 Å². The molecule has 0 bridgehead atoms. The molecular weight excluding hydrogens is 312 g/mol. The van der Waals surface area contributed by atoms with Gasteiger partial charge in [-0.3, -0.25) is 4.79 Å². The number of carbonyl (C=O) groups is 1. The molecule has 2 aromatic rings. The molecule has 3 nitrogen and oxygen atoms in total. The van der Waals surface area contributed by atoms with Gasteiger partial charge in [0.05, 0.1) is 5.69 Å². The number of hydrogen-bond acceptors (Lipinski definition) is 3. The molecule has 0 unspecified atom stereocenters. The van der Waals surface area contributed by atoms with Crippen LogP contribution >= 0.6 is 27.3 Å². The van der Waals surface area contributed by atoms with Crippen LogP contribution in [-0.2, 0) is 6.54 Å². The van der Waals surface area contributed by atoms with Gasteiger partial charge in [-0.05, 0) is 29.1 Å². The number of hydrogen-bond donors (Lipinski definition) is 1. The fraction of sp³-hybridized carbons (Fsp3) is 0.154. The first-order chi connectivity index (χ1) is 8.58. The van der Waals surface area contributed by atoms with Crippen molar-refractivity contribution in [3.8, 4) is 0 Å². The summed E-state index contributed by atoms with van der Waals surface area (Å²) in [4.78, 5) is 14.4. The van der Waals surface area contributed by atoms with Crippen LogP contribution in [0.1, 0.15) is 15.2 Å². The molecule has 0 fully saturated rings. The van der Waals surface area contributed by atoms with Crippen LogP contribution in [0.25, 0.3) is 0 Å². The van der Waals surface area contributed by atoms with Gasteiger partial charge in [0.25, 0.3) is 5.91 Å². The summed E-state index contributed by atoms with van der Waals surface area (Å²) in [6.07, 6.45) is 0. The van der Waals surface area contributed by atoms with E-state index in [1.54, 1.807) is 18.0 Å². The highest BCUT2D eigenvalue weighted by molar-refractivity contribution is 9.10. The monoisotopic (exact) mass is 324 g/mol. The van der Waals surface area contributed by atoms with Crippen LogP contribution in [0.5, 0.6) is 0 Å². The summed E-state index contributed by atoms with van der Waals surface area (Å²) in [6, 6.07) is 9.67. The van der Waals surface area contributed by atoms with E-state index in [1.807, 2.05) is 29.6 Å². The second-order valence-corrected chi connectivity index (χ2v) is 5.83.